The zero-order valence-corrected chi connectivity index (χ0v) is 11.9. The molecule has 0 saturated carbocycles. The van der Waals surface area contributed by atoms with Crippen LogP contribution < -0.4 is 4.90 Å². The first-order chi connectivity index (χ1) is 9.79. The summed E-state index contributed by atoms with van der Waals surface area (Å²) in [4.78, 5) is 2.28. The van der Waals surface area contributed by atoms with Crippen LogP contribution in [0, 0.1) is 6.92 Å². The van der Waals surface area contributed by atoms with Gasteiger partial charge in [0.05, 0.1) is 18.3 Å². The van der Waals surface area contributed by atoms with Gasteiger partial charge in [0.2, 0.25) is 0 Å². The number of ether oxygens (including phenoxy) is 2. The quantitative estimate of drug-likeness (QED) is 0.783. The van der Waals surface area contributed by atoms with Crippen molar-refractivity contribution in [2.75, 3.05) is 24.7 Å². The van der Waals surface area contributed by atoms with Crippen LogP contribution >= 0.6 is 0 Å². The largest absolute Gasteiger partial charge is 0.373 e. The molecule has 0 spiro atoms. The summed E-state index contributed by atoms with van der Waals surface area (Å²) in [6, 6.07) is 4.37. The molecule has 0 N–H and O–H groups in total. The minimum atomic E-state index is 0.0846. The molecule has 5 heteroatoms. The fraction of sp³-hybridized carbons (Fsp3) is 0.600. The molecule has 0 aliphatic carbocycles. The maximum absolute atomic E-state index is 5.94. The average molecular weight is 275 g/mol. The summed E-state index contributed by atoms with van der Waals surface area (Å²) in [7, 11) is 0. The van der Waals surface area contributed by atoms with E-state index in [1.54, 1.807) is 6.08 Å². The standard InChI is InChI=1S/C15H21N3O2/c1-3-8-19-13-10-18(12-5-4-9-20-15(12)13)14-7-6-11(2)16-17-14/h3,6-7,12-13,15H,1,4-5,8-10H2,2H3/t12-,13-,15+/m1/s1. The molecule has 3 atom stereocenters. The normalized spacial score (nSPS) is 29.2. The van der Waals surface area contributed by atoms with Gasteiger partial charge in [0, 0.05) is 13.2 Å². The van der Waals surface area contributed by atoms with Crippen molar-refractivity contribution in [3.05, 3.63) is 30.5 Å². The first-order valence-electron chi connectivity index (χ1n) is 7.20. The number of fused-ring (bicyclic) bond motifs is 1. The van der Waals surface area contributed by atoms with Gasteiger partial charge in [-0.2, -0.15) is 5.10 Å². The lowest BCUT2D eigenvalue weighted by Crippen LogP contribution is -2.42. The monoisotopic (exact) mass is 275 g/mol. The second kappa shape index (κ2) is 5.89. The van der Waals surface area contributed by atoms with Gasteiger partial charge in [-0.15, -0.1) is 11.7 Å². The van der Waals surface area contributed by atoms with E-state index in [4.69, 9.17) is 9.47 Å². The first kappa shape index (κ1) is 13.5. The number of rotatable bonds is 4. The fourth-order valence-corrected chi connectivity index (χ4v) is 3.06. The number of anilines is 1. The molecule has 0 unspecified atom stereocenters. The molecule has 3 rings (SSSR count). The molecule has 2 fully saturated rings. The molecular formula is C15H21N3O2. The van der Waals surface area contributed by atoms with Crippen LogP contribution in [0.15, 0.2) is 24.8 Å². The smallest absolute Gasteiger partial charge is 0.151 e. The minimum absolute atomic E-state index is 0.0846. The third kappa shape index (κ3) is 2.55. The lowest BCUT2D eigenvalue weighted by molar-refractivity contribution is -0.0671. The van der Waals surface area contributed by atoms with E-state index in [1.165, 1.54) is 0 Å². The van der Waals surface area contributed by atoms with E-state index in [9.17, 15) is 0 Å². The third-order valence-corrected chi connectivity index (χ3v) is 3.98. The summed E-state index contributed by atoms with van der Waals surface area (Å²) in [5, 5.41) is 8.47. The van der Waals surface area contributed by atoms with Gasteiger partial charge < -0.3 is 14.4 Å². The van der Waals surface area contributed by atoms with Crippen molar-refractivity contribution in [3.63, 3.8) is 0 Å². The van der Waals surface area contributed by atoms with E-state index in [1.807, 2.05) is 19.1 Å². The van der Waals surface area contributed by atoms with Crippen LogP contribution in [0.3, 0.4) is 0 Å². The minimum Gasteiger partial charge on any atom is -0.373 e. The van der Waals surface area contributed by atoms with Crippen molar-refractivity contribution in [3.8, 4) is 0 Å². The number of hydrogen-bond acceptors (Lipinski definition) is 5. The Kier molecular flexibility index (Phi) is 3.98. The molecule has 5 nitrogen and oxygen atoms in total. The Morgan fingerprint density at radius 3 is 3.15 bits per heavy atom. The first-order valence-corrected chi connectivity index (χ1v) is 7.20. The zero-order chi connectivity index (χ0) is 13.9. The lowest BCUT2D eigenvalue weighted by Gasteiger charge is -2.32. The van der Waals surface area contributed by atoms with Crippen LogP contribution in [0.25, 0.3) is 0 Å². The maximum Gasteiger partial charge on any atom is 0.151 e. The molecule has 0 aromatic carbocycles. The summed E-state index contributed by atoms with van der Waals surface area (Å²) >= 11 is 0. The zero-order valence-electron chi connectivity index (χ0n) is 11.9. The van der Waals surface area contributed by atoms with E-state index < -0.39 is 0 Å². The van der Waals surface area contributed by atoms with E-state index in [0.717, 1.165) is 37.5 Å². The summed E-state index contributed by atoms with van der Waals surface area (Å²) in [5.41, 5.74) is 0.934. The van der Waals surface area contributed by atoms with Gasteiger partial charge in [-0.05, 0) is 31.9 Å². The van der Waals surface area contributed by atoms with Gasteiger partial charge in [-0.3, -0.25) is 0 Å². The molecule has 1 aromatic rings. The Bertz CT molecular complexity index is 463. The van der Waals surface area contributed by atoms with Gasteiger partial charge in [-0.25, -0.2) is 0 Å². The highest BCUT2D eigenvalue weighted by Crippen LogP contribution is 2.33. The van der Waals surface area contributed by atoms with Crippen LogP contribution in [-0.2, 0) is 9.47 Å². The number of hydrogen-bond donors (Lipinski definition) is 0. The highest BCUT2D eigenvalue weighted by Gasteiger charge is 2.45. The molecule has 3 heterocycles. The van der Waals surface area contributed by atoms with Crippen LogP contribution in [0.5, 0.6) is 0 Å². The molecule has 2 aliphatic rings. The average Bonchev–Trinajstić information content (AvgIpc) is 2.85. The predicted octanol–water partition coefficient (Wildman–Crippen LogP) is 1.72. The van der Waals surface area contributed by atoms with Gasteiger partial charge in [0.15, 0.2) is 5.82 Å². The molecule has 2 aliphatic heterocycles. The van der Waals surface area contributed by atoms with Crippen molar-refractivity contribution >= 4 is 5.82 Å². The molecule has 0 radical (unpaired) electrons. The van der Waals surface area contributed by atoms with Crippen LogP contribution in [0.2, 0.25) is 0 Å². The van der Waals surface area contributed by atoms with E-state index >= 15 is 0 Å². The summed E-state index contributed by atoms with van der Waals surface area (Å²) in [5.74, 6) is 0.917. The maximum atomic E-state index is 5.94. The van der Waals surface area contributed by atoms with Crippen molar-refractivity contribution in [2.45, 2.75) is 38.0 Å². The second-order valence-electron chi connectivity index (χ2n) is 5.39. The Morgan fingerprint density at radius 2 is 2.40 bits per heavy atom. The Morgan fingerprint density at radius 1 is 1.50 bits per heavy atom. The molecule has 0 bridgehead atoms. The van der Waals surface area contributed by atoms with E-state index in [0.29, 0.717) is 12.6 Å². The van der Waals surface area contributed by atoms with Crippen molar-refractivity contribution in [1.29, 1.82) is 0 Å². The Balaban J connectivity index is 1.80. The number of aromatic nitrogens is 2. The number of aryl methyl sites for hydroxylation is 1. The van der Waals surface area contributed by atoms with Crippen LogP contribution in [0.1, 0.15) is 18.5 Å². The fourth-order valence-electron chi connectivity index (χ4n) is 3.06. The molecule has 20 heavy (non-hydrogen) atoms. The topological polar surface area (TPSA) is 47.5 Å². The number of nitrogens with zero attached hydrogens (tertiary/aromatic N) is 3. The van der Waals surface area contributed by atoms with Crippen LogP contribution in [-0.4, -0.2) is 48.2 Å². The summed E-state index contributed by atoms with van der Waals surface area (Å²) < 4.78 is 11.8. The van der Waals surface area contributed by atoms with Gasteiger partial charge >= 0.3 is 0 Å². The summed E-state index contributed by atoms with van der Waals surface area (Å²) in [6.45, 7) is 7.85. The SMILES string of the molecule is C=CCO[C@@H]1CN(c2ccc(C)nn2)[C@@H]2CCCO[C@@H]21. The predicted molar refractivity (Wildman–Crippen MR) is 76.8 cm³/mol. The van der Waals surface area contributed by atoms with Gasteiger partial charge in [0.1, 0.15) is 12.2 Å². The molecular weight excluding hydrogens is 254 g/mol. The summed E-state index contributed by atoms with van der Waals surface area (Å²) in [6.07, 6.45) is 4.21. The van der Waals surface area contributed by atoms with Crippen LogP contribution in [0.4, 0.5) is 5.82 Å². The van der Waals surface area contributed by atoms with E-state index in [2.05, 4.69) is 21.7 Å². The Hall–Kier alpha value is -1.46. The molecule has 1 aromatic heterocycles. The van der Waals surface area contributed by atoms with E-state index in [-0.39, 0.29) is 12.2 Å². The lowest BCUT2D eigenvalue weighted by atomic mass is 10.0. The Labute approximate surface area is 119 Å². The highest BCUT2D eigenvalue weighted by molar-refractivity contribution is 5.42. The molecule has 108 valence electrons. The highest BCUT2D eigenvalue weighted by atomic mass is 16.5. The van der Waals surface area contributed by atoms with Crippen molar-refractivity contribution < 1.29 is 9.47 Å². The molecule has 2 saturated heterocycles. The third-order valence-electron chi connectivity index (χ3n) is 3.98. The molecule has 0 amide bonds. The second-order valence-corrected chi connectivity index (χ2v) is 5.39. The van der Waals surface area contributed by atoms with Gasteiger partial charge in [-0.1, -0.05) is 6.08 Å². The van der Waals surface area contributed by atoms with Gasteiger partial charge in [0.25, 0.3) is 0 Å². The van der Waals surface area contributed by atoms with Crippen molar-refractivity contribution in [2.24, 2.45) is 0 Å². The van der Waals surface area contributed by atoms with Crippen molar-refractivity contribution in [1.82, 2.24) is 10.2 Å².